The molecule has 0 unspecified atom stereocenters. The second-order valence-electron chi connectivity index (χ2n) is 2.83. The number of nitrogens with one attached hydrogen (secondary N) is 1. The highest BCUT2D eigenvalue weighted by Gasteiger charge is 2.07. The lowest BCUT2D eigenvalue weighted by atomic mass is 10.2. The average molecular weight is 365 g/mol. The Hall–Kier alpha value is -0.430. The van der Waals surface area contributed by atoms with Gasteiger partial charge >= 0.3 is 0 Å². The van der Waals surface area contributed by atoms with Crippen molar-refractivity contribution in [1.29, 1.82) is 0 Å². The van der Waals surface area contributed by atoms with Crippen LogP contribution in [-0.2, 0) is 5.33 Å². The molecule has 3 nitrogen and oxygen atoms in total. The number of nitrogens with zero attached hydrogens (tertiary/aromatic N) is 1. The van der Waals surface area contributed by atoms with E-state index in [-0.39, 0.29) is 0 Å². The number of carbonyl (C=O) groups excluding carboxylic acids is 1. The van der Waals surface area contributed by atoms with E-state index < -0.39 is 0 Å². The maximum absolute atomic E-state index is 10.8. The number of aldehydes is 1. The summed E-state index contributed by atoms with van der Waals surface area (Å²) in [5.41, 5.74) is 2.29. The zero-order valence-corrected chi connectivity index (χ0v) is 10.8. The zero-order chi connectivity index (χ0) is 10.1. The summed E-state index contributed by atoms with van der Waals surface area (Å²) in [7, 11) is 0. The quantitative estimate of drug-likeness (QED) is 0.506. The Morgan fingerprint density at radius 2 is 2.36 bits per heavy atom. The predicted molar refractivity (Wildman–Crippen MR) is 66.8 cm³/mol. The number of H-pyrrole nitrogens is 1. The standard InChI is InChI=1S/C9H6BrIN2O/c10-3-8-12-7-2-6(11)1-5(4-14)9(7)13-8/h1-2,4H,3H2,(H,12,13). The topological polar surface area (TPSA) is 45.8 Å². The summed E-state index contributed by atoms with van der Waals surface area (Å²) in [6, 6.07) is 3.80. The van der Waals surface area contributed by atoms with E-state index in [1.54, 1.807) is 0 Å². The third-order valence-electron chi connectivity index (χ3n) is 1.88. The summed E-state index contributed by atoms with van der Waals surface area (Å²) in [5.74, 6) is 0.838. The first-order valence-corrected chi connectivity index (χ1v) is 6.14. The second kappa shape index (κ2) is 3.98. The Morgan fingerprint density at radius 3 is 3.00 bits per heavy atom. The van der Waals surface area contributed by atoms with E-state index in [1.165, 1.54) is 0 Å². The predicted octanol–water partition coefficient (Wildman–Crippen LogP) is 2.87. The minimum Gasteiger partial charge on any atom is -0.341 e. The average Bonchev–Trinajstić information content (AvgIpc) is 2.59. The van der Waals surface area contributed by atoms with Crippen molar-refractivity contribution in [3.05, 3.63) is 27.1 Å². The van der Waals surface area contributed by atoms with Crippen LogP contribution in [0.25, 0.3) is 11.0 Å². The molecule has 0 saturated heterocycles. The van der Waals surface area contributed by atoms with Crippen molar-refractivity contribution in [3.8, 4) is 0 Å². The monoisotopic (exact) mass is 364 g/mol. The molecule has 14 heavy (non-hydrogen) atoms. The number of rotatable bonds is 2. The molecule has 0 spiro atoms. The fourth-order valence-corrected chi connectivity index (χ4v) is 2.22. The molecule has 1 aromatic carbocycles. The smallest absolute Gasteiger partial charge is 0.152 e. The third-order valence-corrected chi connectivity index (χ3v) is 3.04. The zero-order valence-electron chi connectivity index (χ0n) is 7.05. The molecule has 0 atom stereocenters. The SMILES string of the molecule is O=Cc1cc(I)cc2[nH]c(CBr)nc12. The van der Waals surface area contributed by atoms with Gasteiger partial charge in [0.05, 0.1) is 16.4 Å². The van der Waals surface area contributed by atoms with Gasteiger partial charge in [-0.25, -0.2) is 4.98 Å². The van der Waals surface area contributed by atoms with E-state index >= 15 is 0 Å². The van der Waals surface area contributed by atoms with Crippen LogP contribution in [0.4, 0.5) is 0 Å². The van der Waals surface area contributed by atoms with Gasteiger partial charge in [-0.05, 0) is 34.7 Å². The van der Waals surface area contributed by atoms with Gasteiger partial charge < -0.3 is 4.98 Å². The molecule has 1 N–H and O–H groups in total. The molecule has 0 bridgehead atoms. The molecule has 0 amide bonds. The fourth-order valence-electron chi connectivity index (χ4n) is 1.31. The lowest BCUT2D eigenvalue weighted by molar-refractivity contribution is 0.112. The lowest BCUT2D eigenvalue weighted by Crippen LogP contribution is -1.84. The van der Waals surface area contributed by atoms with Gasteiger partial charge in [-0.15, -0.1) is 0 Å². The molecule has 2 aromatic rings. The molecule has 72 valence electrons. The number of hydrogen-bond donors (Lipinski definition) is 1. The Labute approximate surface area is 103 Å². The van der Waals surface area contributed by atoms with Crippen LogP contribution in [0.1, 0.15) is 16.2 Å². The minimum atomic E-state index is 0.635. The number of aromatic nitrogens is 2. The maximum atomic E-state index is 10.8. The highest BCUT2D eigenvalue weighted by atomic mass is 127. The number of halogens is 2. The van der Waals surface area contributed by atoms with Crippen LogP contribution in [0.15, 0.2) is 12.1 Å². The molecule has 5 heteroatoms. The van der Waals surface area contributed by atoms with Gasteiger partial charge in [0, 0.05) is 9.13 Å². The van der Waals surface area contributed by atoms with Gasteiger partial charge in [-0.2, -0.15) is 0 Å². The largest absolute Gasteiger partial charge is 0.341 e. The van der Waals surface area contributed by atoms with Gasteiger partial charge in [0.15, 0.2) is 6.29 Å². The molecule has 0 aliphatic carbocycles. The molecular formula is C9H6BrIN2O. The summed E-state index contributed by atoms with van der Waals surface area (Å²) in [6.45, 7) is 0. The van der Waals surface area contributed by atoms with Gasteiger partial charge in [-0.1, -0.05) is 15.9 Å². The molecule has 0 aliphatic heterocycles. The lowest BCUT2D eigenvalue weighted by Gasteiger charge is -1.94. The Bertz CT molecular complexity index is 495. The van der Waals surface area contributed by atoms with Crippen molar-refractivity contribution in [3.63, 3.8) is 0 Å². The number of carbonyl (C=O) groups is 1. The van der Waals surface area contributed by atoms with Crippen molar-refractivity contribution in [2.75, 3.05) is 0 Å². The van der Waals surface area contributed by atoms with E-state index in [0.29, 0.717) is 10.9 Å². The highest BCUT2D eigenvalue weighted by Crippen LogP contribution is 2.20. The van der Waals surface area contributed by atoms with E-state index in [2.05, 4.69) is 48.5 Å². The van der Waals surface area contributed by atoms with Crippen molar-refractivity contribution in [1.82, 2.24) is 9.97 Å². The van der Waals surface area contributed by atoms with E-state index in [0.717, 1.165) is 26.7 Å². The highest BCUT2D eigenvalue weighted by molar-refractivity contribution is 14.1. The number of fused-ring (bicyclic) bond motifs is 1. The van der Waals surface area contributed by atoms with Crippen molar-refractivity contribution < 1.29 is 4.79 Å². The minimum absolute atomic E-state index is 0.635. The van der Waals surface area contributed by atoms with Crippen LogP contribution in [0.3, 0.4) is 0 Å². The normalized spacial score (nSPS) is 10.7. The van der Waals surface area contributed by atoms with Crippen molar-refractivity contribution in [2.45, 2.75) is 5.33 Å². The van der Waals surface area contributed by atoms with E-state index in [1.807, 2.05) is 12.1 Å². The first-order valence-electron chi connectivity index (χ1n) is 3.94. The molecule has 0 aliphatic rings. The Kier molecular flexibility index (Phi) is 2.87. The second-order valence-corrected chi connectivity index (χ2v) is 4.63. The van der Waals surface area contributed by atoms with Crippen LogP contribution >= 0.6 is 38.5 Å². The molecule has 1 aromatic heterocycles. The Morgan fingerprint density at radius 1 is 1.57 bits per heavy atom. The maximum Gasteiger partial charge on any atom is 0.152 e. The number of aromatic amines is 1. The van der Waals surface area contributed by atoms with Crippen LogP contribution in [0.2, 0.25) is 0 Å². The van der Waals surface area contributed by atoms with Crippen LogP contribution < -0.4 is 0 Å². The summed E-state index contributed by atoms with van der Waals surface area (Å²) in [6.07, 6.45) is 0.837. The summed E-state index contributed by atoms with van der Waals surface area (Å²) >= 11 is 5.50. The summed E-state index contributed by atoms with van der Waals surface area (Å²) in [5, 5.41) is 0.663. The molecule has 1 heterocycles. The summed E-state index contributed by atoms with van der Waals surface area (Å²) < 4.78 is 1.03. The van der Waals surface area contributed by atoms with Gasteiger partial charge in [0.25, 0.3) is 0 Å². The van der Waals surface area contributed by atoms with Crippen molar-refractivity contribution >= 4 is 55.8 Å². The van der Waals surface area contributed by atoms with Crippen LogP contribution in [-0.4, -0.2) is 16.3 Å². The van der Waals surface area contributed by atoms with Crippen LogP contribution in [0, 0.1) is 3.57 Å². The number of alkyl halides is 1. The third kappa shape index (κ3) is 1.70. The van der Waals surface area contributed by atoms with E-state index in [9.17, 15) is 4.79 Å². The molecule has 0 fully saturated rings. The van der Waals surface area contributed by atoms with Crippen LogP contribution in [0.5, 0.6) is 0 Å². The van der Waals surface area contributed by atoms with Gasteiger partial charge in [0.1, 0.15) is 5.82 Å². The number of benzene rings is 1. The number of hydrogen-bond acceptors (Lipinski definition) is 2. The van der Waals surface area contributed by atoms with Crippen molar-refractivity contribution in [2.24, 2.45) is 0 Å². The first kappa shape index (κ1) is 10.1. The van der Waals surface area contributed by atoms with E-state index in [4.69, 9.17) is 0 Å². The van der Waals surface area contributed by atoms with Gasteiger partial charge in [0.2, 0.25) is 0 Å². The number of imidazole rings is 1. The Balaban J connectivity index is 2.77. The summed E-state index contributed by atoms with van der Waals surface area (Å²) in [4.78, 5) is 18.2. The molecule has 0 radical (unpaired) electrons. The fraction of sp³-hybridized carbons (Fsp3) is 0.111. The molecule has 2 rings (SSSR count). The molecule has 0 saturated carbocycles. The van der Waals surface area contributed by atoms with Gasteiger partial charge in [-0.3, -0.25) is 4.79 Å². The first-order chi connectivity index (χ1) is 6.74. The molecular weight excluding hydrogens is 359 g/mol.